The number of carbonyl (C=O) groups excluding carboxylic acids is 2. The Morgan fingerprint density at radius 2 is 0.652 bits per heavy atom. The monoisotopic (exact) mass is 885 g/mol. The lowest BCUT2D eigenvalue weighted by Gasteiger charge is -2.41. The summed E-state index contributed by atoms with van der Waals surface area (Å²) in [5.41, 5.74) is 3.03. The van der Waals surface area contributed by atoms with Gasteiger partial charge in [0.25, 0.3) is 0 Å². The molecule has 2 N–H and O–H groups in total. The number of amides is 2. The quantitative estimate of drug-likeness (QED) is 0.114. The highest BCUT2D eigenvalue weighted by Crippen LogP contribution is 2.41. The van der Waals surface area contributed by atoms with Crippen molar-refractivity contribution in [2.75, 3.05) is 67.5 Å². The van der Waals surface area contributed by atoms with Gasteiger partial charge in [-0.15, -0.1) is 0 Å². The lowest BCUT2D eigenvalue weighted by molar-refractivity contribution is -0.134. The lowest BCUT2D eigenvalue weighted by atomic mass is 9.70. The summed E-state index contributed by atoms with van der Waals surface area (Å²) < 4.78 is 0. The van der Waals surface area contributed by atoms with Gasteiger partial charge in [0.2, 0.25) is 11.8 Å². The van der Waals surface area contributed by atoms with E-state index in [9.17, 15) is 19.8 Å². The van der Waals surface area contributed by atoms with Crippen LogP contribution in [0.4, 0.5) is 0 Å². The van der Waals surface area contributed by atoms with Gasteiger partial charge in [-0.3, -0.25) is 9.59 Å². The zero-order valence-electron chi connectivity index (χ0n) is 39.3. The van der Waals surface area contributed by atoms with Gasteiger partial charge in [-0.1, -0.05) is 182 Å². The van der Waals surface area contributed by atoms with E-state index >= 15 is 0 Å². The van der Waals surface area contributed by atoms with Crippen molar-refractivity contribution in [3.63, 3.8) is 0 Å². The van der Waals surface area contributed by atoms with Crippen LogP contribution in [0.1, 0.15) is 71.9 Å². The van der Waals surface area contributed by atoms with Crippen LogP contribution in [0.3, 0.4) is 0 Å². The van der Waals surface area contributed by atoms with E-state index in [1.54, 1.807) is 9.80 Å². The van der Waals surface area contributed by atoms with Gasteiger partial charge in [0, 0.05) is 54.4 Å². The molecule has 2 heterocycles. The van der Waals surface area contributed by atoms with E-state index in [2.05, 4.69) is 58.3 Å². The number of hydrogen-bond acceptors (Lipinski definition) is 6. The van der Waals surface area contributed by atoms with Crippen LogP contribution in [0.15, 0.2) is 182 Å². The number of hydrogen-bond donors (Lipinski definition) is 2. The minimum atomic E-state index is -0.771. The molecule has 8 rings (SSSR count). The number of likely N-dealkylation sites (tertiary alicyclic amines) is 2. The Balaban J connectivity index is 0.000000196. The summed E-state index contributed by atoms with van der Waals surface area (Å²) in [6.07, 6.45) is 4.15. The first-order chi connectivity index (χ1) is 31.9. The number of aliphatic hydroxyl groups is 2. The molecule has 0 bridgehead atoms. The Kier molecular flexibility index (Phi) is 15.7. The van der Waals surface area contributed by atoms with Crippen molar-refractivity contribution >= 4 is 11.8 Å². The summed E-state index contributed by atoms with van der Waals surface area (Å²) >= 11 is 0. The lowest BCUT2D eigenvalue weighted by Crippen LogP contribution is -2.48. The van der Waals surface area contributed by atoms with E-state index < -0.39 is 22.0 Å². The fraction of sp³-hybridized carbons (Fsp3) is 0.345. The molecule has 0 radical (unpaired) electrons. The first-order valence-electron chi connectivity index (χ1n) is 23.6. The summed E-state index contributed by atoms with van der Waals surface area (Å²) in [5, 5.41) is 22.4. The zero-order valence-corrected chi connectivity index (χ0v) is 39.3. The largest absolute Gasteiger partial charge is 0.385 e. The second-order valence-corrected chi connectivity index (χ2v) is 18.7. The molecular formula is C58H68N4O4. The van der Waals surface area contributed by atoms with Crippen LogP contribution in [0.5, 0.6) is 0 Å². The SMILES string of the molecule is CN(C)C(=O)C(CCN1CCC(O)(c2ccccc2)CC1)(c1ccccc1)c1ccccc1.CN(C)C(=O)C(CCN1CCC(O)(c2ccccc2)CC1)(c1ccccc1)c1ccccc1. The first kappa shape index (κ1) is 48.0. The molecule has 2 amide bonds. The van der Waals surface area contributed by atoms with E-state index in [1.165, 1.54) is 0 Å². The van der Waals surface area contributed by atoms with E-state index in [1.807, 2.05) is 162 Å². The van der Waals surface area contributed by atoms with E-state index in [4.69, 9.17) is 0 Å². The predicted molar refractivity (Wildman–Crippen MR) is 266 cm³/mol. The number of carbonyl (C=O) groups is 2. The van der Waals surface area contributed by atoms with Crippen molar-refractivity contribution in [1.29, 1.82) is 0 Å². The predicted octanol–water partition coefficient (Wildman–Crippen LogP) is 8.87. The van der Waals surface area contributed by atoms with Gasteiger partial charge in [0.1, 0.15) is 10.8 Å². The highest BCUT2D eigenvalue weighted by Gasteiger charge is 2.45. The minimum Gasteiger partial charge on any atom is -0.385 e. The molecule has 2 aliphatic heterocycles. The molecule has 8 heteroatoms. The van der Waals surface area contributed by atoms with Gasteiger partial charge in [0.05, 0.1) is 11.2 Å². The molecule has 0 aromatic heterocycles. The van der Waals surface area contributed by atoms with E-state index in [0.717, 1.165) is 72.6 Å². The number of nitrogens with zero attached hydrogens (tertiary/aromatic N) is 4. The molecule has 6 aromatic rings. The smallest absolute Gasteiger partial charge is 0.237 e. The van der Waals surface area contributed by atoms with Crippen LogP contribution < -0.4 is 0 Å². The maximum absolute atomic E-state index is 13.8. The highest BCUT2D eigenvalue weighted by atomic mass is 16.3. The molecule has 0 saturated carbocycles. The van der Waals surface area contributed by atoms with Gasteiger partial charge >= 0.3 is 0 Å². The third-order valence-electron chi connectivity index (χ3n) is 14.2. The third kappa shape index (κ3) is 10.5. The van der Waals surface area contributed by atoms with Crippen molar-refractivity contribution in [3.05, 3.63) is 215 Å². The Labute approximate surface area is 393 Å². The molecule has 2 saturated heterocycles. The molecule has 344 valence electrons. The molecule has 6 aromatic carbocycles. The van der Waals surface area contributed by atoms with Gasteiger partial charge in [-0.05, 0) is 85.0 Å². The second kappa shape index (κ2) is 21.6. The van der Waals surface area contributed by atoms with Crippen LogP contribution in [0.2, 0.25) is 0 Å². The van der Waals surface area contributed by atoms with Crippen LogP contribution in [-0.4, -0.2) is 109 Å². The highest BCUT2D eigenvalue weighted by molar-refractivity contribution is 5.92. The second-order valence-electron chi connectivity index (χ2n) is 18.7. The molecule has 0 unspecified atom stereocenters. The number of rotatable bonds is 14. The Morgan fingerprint density at radius 1 is 0.424 bits per heavy atom. The third-order valence-corrected chi connectivity index (χ3v) is 14.2. The van der Waals surface area contributed by atoms with Crippen LogP contribution >= 0.6 is 0 Å². The molecule has 0 spiro atoms. The van der Waals surface area contributed by atoms with Crippen LogP contribution in [0, 0.1) is 0 Å². The number of likely N-dealkylation sites (N-methyl/N-ethyl adjacent to an activating group) is 2. The molecule has 0 aliphatic carbocycles. The molecule has 66 heavy (non-hydrogen) atoms. The molecule has 2 fully saturated rings. The summed E-state index contributed by atoms with van der Waals surface area (Å²) in [5.74, 6) is 0.190. The Bertz CT molecular complexity index is 2150. The van der Waals surface area contributed by atoms with E-state index in [-0.39, 0.29) is 11.8 Å². The first-order valence-corrected chi connectivity index (χ1v) is 23.6. The van der Waals surface area contributed by atoms with Crippen molar-refractivity contribution in [3.8, 4) is 0 Å². The maximum atomic E-state index is 13.8. The molecule has 0 atom stereocenters. The zero-order chi connectivity index (χ0) is 46.6. The summed E-state index contributed by atoms with van der Waals surface area (Å²) in [6, 6.07) is 60.6. The topological polar surface area (TPSA) is 87.6 Å². The van der Waals surface area contributed by atoms with Crippen molar-refractivity contribution in [1.82, 2.24) is 19.6 Å². The van der Waals surface area contributed by atoms with Crippen LogP contribution in [0.25, 0.3) is 0 Å². The minimum absolute atomic E-state index is 0.0951. The number of benzene rings is 6. The Morgan fingerprint density at radius 3 is 0.879 bits per heavy atom. The van der Waals surface area contributed by atoms with E-state index in [0.29, 0.717) is 38.5 Å². The summed E-state index contributed by atoms with van der Waals surface area (Å²) in [7, 11) is 7.35. The standard InChI is InChI=1S/2C29H34N2O2/c2*1-30(2)27(32)29(25-14-8-4-9-15-25,26-16-10-5-11-17-26)20-23-31-21-18-28(33,19-22-31)24-12-6-3-7-13-24/h2*3-17,33H,18-23H2,1-2H3. The normalized spacial score (nSPS) is 16.3. The van der Waals surface area contributed by atoms with Gasteiger partial charge < -0.3 is 29.8 Å². The maximum Gasteiger partial charge on any atom is 0.237 e. The van der Waals surface area contributed by atoms with Crippen molar-refractivity contribution < 1.29 is 19.8 Å². The van der Waals surface area contributed by atoms with Crippen molar-refractivity contribution in [2.24, 2.45) is 0 Å². The fourth-order valence-corrected chi connectivity index (χ4v) is 10.3. The molecule has 2 aliphatic rings. The number of piperidine rings is 2. The van der Waals surface area contributed by atoms with Crippen LogP contribution in [-0.2, 0) is 31.6 Å². The Hall–Kier alpha value is -5.90. The van der Waals surface area contributed by atoms with Gasteiger partial charge in [-0.25, -0.2) is 0 Å². The average molecular weight is 885 g/mol. The molecule has 8 nitrogen and oxygen atoms in total. The van der Waals surface area contributed by atoms with Crippen molar-refractivity contribution in [2.45, 2.75) is 60.6 Å². The summed E-state index contributed by atoms with van der Waals surface area (Å²) in [6.45, 7) is 4.80. The fourth-order valence-electron chi connectivity index (χ4n) is 10.3. The van der Waals surface area contributed by atoms with Gasteiger partial charge in [0.15, 0.2) is 0 Å². The average Bonchev–Trinajstić information content (AvgIpc) is 3.37. The summed E-state index contributed by atoms with van der Waals surface area (Å²) in [4.78, 5) is 35.8. The van der Waals surface area contributed by atoms with Gasteiger partial charge in [-0.2, -0.15) is 0 Å². The molecular weight excluding hydrogens is 817 g/mol.